The SMILES string of the molecule is O=C(O)[C@H]1CCC[C@H]1C(=O)Nc1cccnn1. The summed E-state index contributed by atoms with van der Waals surface area (Å²) in [5.41, 5.74) is 0. The van der Waals surface area contributed by atoms with Gasteiger partial charge in [-0.1, -0.05) is 6.42 Å². The standard InChI is InChI=1S/C11H13N3O3/c15-10(13-9-5-2-6-12-14-9)7-3-1-4-8(7)11(16)17/h2,5-8H,1,3-4H2,(H,16,17)(H,13,14,15)/t7-,8+/m1/s1. The second kappa shape index (κ2) is 4.90. The van der Waals surface area contributed by atoms with E-state index in [9.17, 15) is 9.59 Å². The molecule has 17 heavy (non-hydrogen) atoms. The van der Waals surface area contributed by atoms with Crippen LogP contribution in [0.5, 0.6) is 0 Å². The van der Waals surface area contributed by atoms with Crippen molar-refractivity contribution in [1.29, 1.82) is 0 Å². The van der Waals surface area contributed by atoms with Gasteiger partial charge >= 0.3 is 5.97 Å². The van der Waals surface area contributed by atoms with E-state index >= 15 is 0 Å². The number of carboxylic acids is 1. The smallest absolute Gasteiger partial charge is 0.307 e. The number of nitrogens with one attached hydrogen (secondary N) is 1. The normalized spacial score (nSPS) is 23.3. The minimum absolute atomic E-state index is 0.282. The number of aliphatic carboxylic acids is 1. The van der Waals surface area contributed by atoms with Gasteiger partial charge in [-0.3, -0.25) is 9.59 Å². The fraction of sp³-hybridized carbons (Fsp3) is 0.455. The maximum absolute atomic E-state index is 11.9. The molecule has 0 aliphatic heterocycles. The van der Waals surface area contributed by atoms with Crippen LogP contribution in [-0.4, -0.2) is 27.2 Å². The molecule has 0 spiro atoms. The van der Waals surface area contributed by atoms with Gasteiger partial charge < -0.3 is 10.4 Å². The summed E-state index contributed by atoms with van der Waals surface area (Å²) in [6.07, 6.45) is 3.46. The van der Waals surface area contributed by atoms with Crippen molar-refractivity contribution in [1.82, 2.24) is 10.2 Å². The molecule has 0 saturated heterocycles. The summed E-state index contributed by atoms with van der Waals surface area (Å²) in [6, 6.07) is 3.28. The monoisotopic (exact) mass is 235 g/mol. The predicted octanol–water partition coefficient (Wildman–Crippen LogP) is 0.916. The van der Waals surface area contributed by atoms with Crippen LogP contribution in [0.1, 0.15) is 19.3 Å². The number of nitrogens with zero attached hydrogens (tertiary/aromatic N) is 2. The molecule has 1 aromatic heterocycles. The van der Waals surface area contributed by atoms with Crippen LogP contribution in [0, 0.1) is 11.8 Å². The molecule has 1 aromatic rings. The average molecular weight is 235 g/mol. The van der Waals surface area contributed by atoms with E-state index in [1.54, 1.807) is 12.1 Å². The lowest BCUT2D eigenvalue weighted by molar-refractivity contribution is -0.145. The number of anilines is 1. The Labute approximate surface area is 98.1 Å². The zero-order valence-electron chi connectivity index (χ0n) is 9.17. The van der Waals surface area contributed by atoms with E-state index in [4.69, 9.17) is 5.11 Å². The van der Waals surface area contributed by atoms with E-state index in [-0.39, 0.29) is 5.91 Å². The van der Waals surface area contributed by atoms with Gasteiger partial charge in [-0.15, -0.1) is 5.10 Å². The molecule has 1 aliphatic rings. The summed E-state index contributed by atoms with van der Waals surface area (Å²) < 4.78 is 0. The fourth-order valence-electron chi connectivity index (χ4n) is 2.16. The highest BCUT2D eigenvalue weighted by molar-refractivity contribution is 5.94. The minimum Gasteiger partial charge on any atom is -0.481 e. The van der Waals surface area contributed by atoms with Crippen molar-refractivity contribution < 1.29 is 14.7 Å². The zero-order chi connectivity index (χ0) is 12.3. The van der Waals surface area contributed by atoms with E-state index in [1.165, 1.54) is 6.20 Å². The van der Waals surface area contributed by atoms with Crippen LogP contribution in [0.4, 0.5) is 5.82 Å². The van der Waals surface area contributed by atoms with Crippen molar-refractivity contribution >= 4 is 17.7 Å². The van der Waals surface area contributed by atoms with E-state index in [1.807, 2.05) is 0 Å². The number of carbonyl (C=O) groups excluding carboxylic acids is 1. The van der Waals surface area contributed by atoms with Crippen molar-refractivity contribution in [2.45, 2.75) is 19.3 Å². The number of rotatable bonds is 3. The summed E-state index contributed by atoms with van der Waals surface area (Å²) in [4.78, 5) is 22.8. The summed E-state index contributed by atoms with van der Waals surface area (Å²) >= 11 is 0. The lowest BCUT2D eigenvalue weighted by Crippen LogP contribution is -2.30. The highest BCUT2D eigenvalue weighted by Gasteiger charge is 2.37. The van der Waals surface area contributed by atoms with Gasteiger partial charge in [0.05, 0.1) is 11.8 Å². The quantitative estimate of drug-likeness (QED) is 0.812. The van der Waals surface area contributed by atoms with E-state index in [0.29, 0.717) is 18.7 Å². The zero-order valence-corrected chi connectivity index (χ0v) is 9.17. The number of hydrogen-bond acceptors (Lipinski definition) is 4. The maximum Gasteiger partial charge on any atom is 0.307 e. The van der Waals surface area contributed by atoms with Gasteiger partial charge in [-0.05, 0) is 25.0 Å². The average Bonchev–Trinajstić information content (AvgIpc) is 2.79. The molecule has 90 valence electrons. The molecule has 0 unspecified atom stereocenters. The molecule has 0 aromatic carbocycles. The van der Waals surface area contributed by atoms with Crippen LogP contribution in [0.15, 0.2) is 18.3 Å². The second-order valence-electron chi connectivity index (χ2n) is 4.08. The maximum atomic E-state index is 11.9. The van der Waals surface area contributed by atoms with Crippen LogP contribution in [0.2, 0.25) is 0 Å². The van der Waals surface area contributed by atoms with Crippen molar-refractivity contribution in [3.63, 3.8) is 0 Å². The summed E-state index contributed by atoms with van der Waals surface area (Å²) in [5.74, 6) is -1.87. The molecular formula is C11H13N3O3. The molecule has 1 saturated carbocycles. The first-order chi connectivity index (χ1) is 8.18. The first-order valence-electron chi connectivity index (χ1n) is 5.50. The Bertz CT molecular complexity index is 421. The van der Waals surface area contributed by atoms with Gasteiger partial charge in [0.2, 0.25) is 5.91 Å². The molecule has 1 fully saturated rings. The number of hydrogen-bond donors (Lipinski definition) is 2. The van der Waals surface area contributed by atoms with Crippen LogP contribution < -0.4 is 5.32 Å². The van der Waals surface area contributed by atoms with E-state index in [2.05, 4.69) is 15.5 Å². The van der Waals surface area contributed by atoms with Gasteiger partial charge in [0.15, 0.2) is 5.82 Å². The summed E-state index contributed by atoms with van der Waals surface area (Å²) in [7, 11) is 0. The first-order valence-corrected chi connectivity index (χ1v) is 5.50. The molecule has 1 amide bonds. The molecule has 2 rings (SSSR count). The molecule has 2 atom stereocenters. The Kier molecular flexibility index (Phi) is 3.32. The molecule has 1 heterocycles. The minimum atomic E-state index is -0.901. The molecular weight excluding hydrogens is 222 g/mol. The Morgan fingerprint density at radius 3 is 2.76 bits per heavy atom. The Balaban J connectivity index is 2.03. The van der Waals surface area contributed by atoms with Crippen LogP contribution >= 0.6 is 0 Å². The van der Waals surface area contributed by atoms with E-state index in [0.717, 1.165) is 6.42 Å². The lowest BCUT2D eigenvalue weighted by atomic mass is 9.95. The number of amides is 1. The van der Waals surface area contributed by atoms with Crippen LogP contribution in [0.3, 0.4) is 0 Å². The van der Waals surface area contributed by atoms with Crippen molar-refractivity contribution in [2.24, 2.45) is 11.8 Å². The van der Waals surface area contributed by atoms with Crippen molar-refractivity contribution in [2.75, 3.05) is 5.32 Å². The van der Waals surface area contributed by atoms with Gasteiger partial charge in [0.1, 0.15) is 0 Å². The van der Waals surface area contributed by atoms with Gasteiger partial charge in [0.25, 0.3) is 0 Å². The molecule has 6 nitrogen and oxygen atoms in total. The van der Waals surface area contributed by atoms with Crippen LogP contribution in [-0.2, 0) is 9.59 Å². The van der Waals surface area contributed by atoms with Gasteiger partial charge in [-0.25, -0.2) is 0 Å². The van der Waals surface area contributed by atoms with Crippen LogP contribution in [0.25, 0.3) is 0 Å². The largest absolute Gasteiger partial charge is 0.481 e. The van der Waals surface area contributed by atoms with Crippen molar-refractivity contribution in [3.05, 3.63) is 18.3 Å². The summed E-state index contributed by atoms with van der Waals surface area (Å²) in [6.45, 7) is 0. The molecule has 6 heteroatoms. The van der Waals surface area contributed by atoms with Crippen molar-refractivity contribution in [3.8, 4) is 0 Å². The van der Waals surface area contributed by atoms with Gasteiger partial charge in [-0.2, -0.15) is 5.10 Å². The topological polar surface area (TPSA) is 92.2 Å². The number of carboxylic acid groups (broad SMARTS) is 1. The first kappa shape index (κ1) is 11.5. The third kappa shape index (κ3) is 2.58. The lowest BCUT2D eigenvalue weighted by Gasteiger charge is -2.14. The molecule has 1 aliphatic carbocycles. The third-order valence-electron chi connectivity index (χ3n) is 2.99. The number of carbonyl (C=O) groups is 2. The van der Waals surface area contributed by atoms with E-state index < -0.39 is 17.8 Å². The highest BCUT2D eigenvalue weighted by Crippen LogP contribution is 2.32. The third-order valence-corrected chi connectivity index (χ3v) is 2.99. The number of aromatic nitrogens is 2. The fourth-order valence-corrected chi connectivity index (χ4v) is 2.16. The predicted molar refractivity (Wildman–Crippen MR) is 59.1 cm³/mol. The molecule has 0 bridgehead atoms. The Morgan fingerprint density at radius 1 is 1.35 bits per heavy atom. The molecule has 2 N–H and O–H groups in total. The Hall–Kier alpha value is -1.98. The Morgan fingerprint density at radius 2 is 2.12 bits per heavy atom. The highest BCUT2D eigenvalue weighted by atomic mass is 16.4. The second-order valence-corrected chi connectivity index (χ2v) is 4.08. The summed E-state index contributed by atoms with van der Waals surface area (Å²) in [5, 5.41) is 19.0. The van der Waals surface area contributed by atoms with Gasteiger partial charge in [0, 0.05) is 6.20 Å². The molecule has 0 radical (unpaired) electrons.